The third-order valence-electron chi connectivity index (χ3n) is 3.80. The lowest BCUT2D eigenvalue weighted by Crippen LogP contribution is -2.47. The normalized spacial score (nSPS) is 28.7. The first-order valence-corrected chi connectivity index (χ1v) is 5.82. The summed E-state index contributed by atoms with van der Waals surface area (Å²) in [7, 11) is 2.15. The van der Waals surface area contributed by atoms with Crippen LogP contribution in [-0.2, 0) is 0 Å². The number of likely N-dealkylation sites (N-methyl/N-ethyl adjacent to an activating group) is 1. The second-order valence-corrected chi connectivity index (χ2v) is 4.81. The van der Waals surface area contributed by atoms with Crippen molar-refractivity contribution < 1.29 is 4.79 Å². The van der Waals surface area contributed by atoms with Gasteiger partial charge in [0.1, 0.15) is 0 Å². The van der Waals surface area contributed by atoms with Gasteiger partial charge < -0.3 is 4.90 Å². The molecule has 2 heterocycles. The van der Waals surface area contributed by atoms with Crippen LogP contribution < -0.4 is 0 Å². The summed E-state index contributed by atoms with van der Waals surface area (Å²) in [4.78, 5) is 16.7. The molecule has 2 bridgehead atoms. The van der Waals surface area contributed by atoms with Gasteiger partial charge in [0.2, 0.25) is 0 Å². The average molecular weight is 216 g/mol. The van der Waals surface area contributed by atoms with Crippen LogP contribution in [0.5, 0.6) is 0 Å². The Labute approximate surface area is 95.7 Å². The highest BCUT2D eigenvalue weighted by molar-refractivity contribution is 5.94. The molecular formula is C13H16N2O. The molecule has 3 nitrogen and oxygen atoms in total. The zero-order valence-electron chi connectivity index (χ0n) is 9.47. The van der Waals surface area contributed by atoms with Crippen molar-refractivity contribution in [2.75, 3.05) is 20.1 Å². The van der Waals surface area contributed by atoms with Gasteiger partial charge in [-0.05, 0) is 25.6 Å². The van der Waals surface area contributed by atoms with E-state index in [1.165, 1.54) is 0 Å². The predicted molar refractivity (Wildman–Crippen MR) is 62.3 cm³/mol. The Bertz CT molecular complexity index is 402. The van der Waals surface area contributed by atoms with Crippen LogP contribution in [0.25, 0.3) is 0 Å². The second-order valence-electron chi connectivity index (χ2n) is 4.81. The van der Waals surface area contributed by atoms with Gasteiger partial charge in [-0.15, -0.1) is 0 Å². The molecule has 2 atom stereocenters. The summed E-state index contributed by atoms with van der Waals surface area (Å²) in [6.45, 7) is 1.93. The van der Waals surface area contributed by atoms with Crippen LogP contribution >= 0.6 is 0 Å². The Morgan fingerprint density at radius 3 is 2.50 bits per heavy atom. The summed E-state index contributed by atoms with van der Waals surface area (Å²) in [5.41, 5.74) is 0.817. The minimum Gasteiger partial charge on any atom is -0.333 e. The number of piperazine rings is 1. The Morgan fingerprint density at radius 1 is 1.19 bits per heavy atom. The van der Waals surface area contributed by atoms with Crippen molar-refractivity contribution in [3.8, 4) is 0 Å². The molecule has 0 N–H and O–H groups in total. The molecule has 2 saturated heterocycles. The molecule has 0 aliphatic carbocycles. The van der Waals surface area contributed by atoms with E-state index in [1.807, 2.05) is 35.2 Å². The molecular weight excluding hydrogens is 200 g/mol. The number of amides is 1. The third kappa shape index (κ3) is 1.43. The first-order chi connectivity index (χ1) is 7.75. The van der Waals surface area contributed by atoms with E-state index in [0.717, 1.165) is 25.1 Å². The topological polar surface area (TPSA) is 23.6 Å². The van der Waals surface area contributed by atoms with Crippen LogP contribution in [0, 0.1) is 0 Å². The number of fused-ring (bicyclic) bond motifs is 2. The Morgan fingerprint density at radius 2 is 1.94 bits per heavy atom. The summed E-state index contributed by atoms with van der Waals surface area (Å²) >= 11 is 0. The quantitative estimate of drug-likeness (QED) is 0.704. The van der Waals surface area contributed by atoms with Gasteiger partial charge in [-0.25, -0.2) is 0 Å². The number of hydrogen-bond acceptors (Lipinski definition) is 2. The standard InChI is InChI=1S/C13H16N2O/c1-14-8-12-7-11(14)9-15(12)13(16)10-5-3-2-4-6-10/h2-6,11-12H,7-9H2,1H3. The molecule has 3 heteroatoms. The largest absolute Gasteiger partial charge is 0.333 e. The van der Waals surface area contributed by atoms with Crippen molar-refractivity contribution >= 4 is 5.91 Å². The molecule has 2 unspecified atom stereocenters. The average Bonchev–Trinajstić information content (AvgIpc) is 2.88. The van der Waals surface area contributed by atoms with E-state index in [1.54, 1.807) is 0 Å². The number of likely N-dealkylation sites (tertiary alicyclic amines) is 2. The summed E-state index contributed by atoms with van der Waals surface area (Å²) < 4.78 is 0. The number of nitrogens with zero attached hydrogens (tertiary/aromatic N) is 2. The monoisotopic (exact) mass is 216 g/mol. The maximum absolute atomic E-state index is 12.3. The Hall–Kier alpha value is -1.35. The highest BCUT2D eigenvalue weighted by Crippen LogP contribution is 2.30. The fraction of sp³-hybridized carbons (Fsp3) is 0.462. The van der Waals surface area contributed by atoms with Crippen LogP contribution in [0.4, 0.5) is 0 Å². The lowest BCUT2D eigenvalue weighted by atomic mass is 10.2. The van der Waals surface area contributed by atoms with Crippen molar-refractivity contribution in [1.29, 1.82) is 0 Å². The van der Waals surface area contributed by atoms with Gasteiger partial charge in [0, 0.05) is 30.7 Å². The van der Waals surface area contributed by atoms with Gasteiger partial charge in [0.15, 0.2) is 0 Å². The van der Waals surface area contributed by atoms with E-state index in [-0.39, 0.29) is 5.91 Å². The van der Waals surface area contributed by atoms with Gasteiger partial charge in [-0.3, -0.25) is 9.69 Å². The molecule has 0 aromatic heterocycles. The molecule has 84 valence electrons. The summed E-state index contributed by atoms with van der Waals surface area (Å²) in [5.74, 6) is 0.196. The molecule has 0 radical (unpaired) electrons. The van der Waals surface area contributed by atoms with E-state index in [0.29, 0.717) is 12.1 Å². The zero-order valence-corrected chi connectivity index (χ0v) is 9.47. The van der Waals surface area contributed by atoms with Crippen molar-refractivity contribution in [2.45, 2.75) is 18.5 Å². The second kappa shape index (κ2) is 3.59. The molecule has 2 aliphatic heterocycles. The Kier molecular flexibility index (Phi) is 2.21. The molecule has 3 rings (SSSR count). The van der Waals surface area contributed by atoms with Crippen molar-refractivity contribution in [1.82, 2.24) is 9.80 Å². The van der Waals surface area contributed by atoms with Gasteiger partial charge in [-0.2, -0.15) is 0 Å². The number of benzene rings is 1. The van der Waals surface area contributed by atoms with Gasteiger partial charge in [0.05, 0.1) is 0 Å². The van der Waals surface area contributed by atoms with Crippen LogP contribution in [0.2, 0.25) is 0 Å². The number of carbonyl (C=O) groups is 1. The maximum Gasteiger partial charge on any atom is 0.254 e. The van der Waals surface area contributed by atoms with E-state index >= 15 is 0 Å². The van der Waals surface area contributed by atoms with Gasteiger partial charge >= 0.3 is 0 Å². The summed E-state index contributed by atoms with van der Waals surface area (Å²) in [6, 6.07) is 10.6. The summed E-state index contributed by atoms with van der Waals surface area (Å²) in [5, 5.41) is 0. The maximum atomic E-state index is 12.3. The first kappa shape index (κ1) is 9.85. The highest BCUT2D eigenvalue weighted by Gasteiger charge is 2.43. The van der Waals surface area contributed by atoms with Gasteiger partial charge in [0.25, 0.3) is 5.91 Å². The predicted octanol–water partition coefficient (Wildman–Crippen LogP) is 1.22. The SMILES string of the molecule is CN1CC2CC1CN2C(=O)c1ccccc1. The highest BCUT2D eigenvalue weighted by atomic mass is 16.2. The van der Waals surface area contributed by atoms with Crippen molar-refractivity contribution in [2.24, 2.45) is 0 Å². The molecule has 0 saturated carbocycles. The van der Waals surface area contributed by atoms with Crippen molar-refractivity contribution in [3.05, 3.63) is 35.9 Å². The number of rotatable bonds is 1. The van der Waals surface area contributed by atoms with E-state index in [4.69, 9.17) is 0 Å². The number of carbonyl (C=O) groups excluding carboxylic acids is 1. The first-order valence-electron chi connectivity index (χ1n) is 5.82. The number of hydrogen-bond donors (Lipinski definition) is 0. The molecule has 16 heavy (non-hydrogen) atoms. The molecule has 1 aromatic rings. The lowest BCUT2D eigenvalue weighted by Gasteiger charge is -2.32. The third-order valence-corrected chi connectivity index (χ3v) is 3.80. The minimum atomic E-state index is 0.196. The minimum absolute atomic E-state index is 0.196. The fourth-order valence-electron chi connectivity index (χ4n) is 2.86. The molecule has 1 aromatic carbocycles. The molecule has 0 spiro atoms. The van der Waals surface area contributed by atoms with Crippen molar-refractivity contribution in [3.63, 3.8) is 0 Å². The van der Waals surface area contributed by atoms with Gasteiger partial charge in [-0.1, -0.05) is 18.2 Å². The smallest absolute Gasteiger partial charge is 0.254 e. The molecule has 2 fully saturated rings. The van der Waals surface area contributed by atoms with Crippen LogP contribution in [0.15, 0.2) is 30.3 Å². The Balaban J connectivity index is 1.79. The summed E-state index contributed by atoms with van der Waals surface area (Å²) in [6.07, 6.45) is 1.15. The fourth-order valence-corrected chi connectivity index (χ4v) is 2.86. The molecule has 1 amide bonds. The van der Waals surface area contributed by atoms with E-state index in [9.17, 15) is 4.79 Å². The lowest BCUT2D eigenvalue weighted by molar-refractivity contribution is 0.0650. The molecule has 2 aliphatic rings. The van der Waals surface area contributed by atoms with Crippen LogP contribution in [0.3, 0.4) is 0 Å². The zero-order chi connectivity index (χ0) is 11.1. The van der Waals surface area contributed by atoms with E-state index < -0.39 is 0 Å². The van der Waals surface area contributed by atoms with Crippen LogP contribution in [-0.4, -0.2) is 47.9 Å². The van der Waals surface area contributed by atoms with Crippen LogP contribution in [0.1, 0.15) is 16.8 Å². The van der Waals surface area contributed by atoms with E-state index in [2.05, 4.69) is 11.9 Å².